The quantitative estimate of drug-likeness (QED) is 0.701. The lowest BCUT2D eigenvalue weighted by Crippen LogP contribution is -2.28. The van der Waals surface area contributed by atoms with Crippen LogP contribution in [-0.4, -0.2) is 7.28 Å². The maximum absolute atomic E-state index is 6.08. The molecule has 0 fully saturated rings. The van der Waals surface area contributed by atoms with Gasteiger partial charge < -0.3 is 0 Å². The second-order valence-corrected chi connectivity index (χ2v) is 4.17. The third-order valence-electron chi connectivity index (χ3n) is 2.30. The van der Waals surface area contributed by atoms with Gasteiger partial charge in [0, 0.05) is 10.0 Å². The highest BCUT2D eigenvalue weighted by Crippen LogP contribution is 2.05. The fourth-order valence-electron chi connectivity index (χ4n) is 1.49. The van der Waals surface area contributed by atoms with Crippen LogP contribution in [0.2, 0.25) is 10.0 Å². The van der Waals surface area contributed by atoms with E-state index in [1.807, 2.05) is 48.5 Å². The Labute approximate surface area is 100 Å². The summed E-state index contributed by atoms with van der Waals surface area (Å²) in [5.41, 5.74) is 2.21. The summed E-state index contributed by atoms with van der Waals surface area (Å²) in [6.45, 7) is 0. The Kier molecular flexibility index (Phi) is 3.35. The Morgan fingerprint density at radius 3 is 1.47 bits per heavy atom. The molecule has 0 nitrogen and oxygen atoms in total. The van der Waals surface area contributed by atoms with Gasteiger partial charge >= 0.3 is 0 Å². The molecule has 0 N–H and O–H groups in total. The fourth-order valence-corrected chi connectivity index (χ4v) is 1.89. The van der Waals surface area contributed by atoms with E-state index in [2.05, 4.69) is 0 Å². The van der Waals surface area contributed by atoms with Gasteiger partial charge in [-0.1, -0.05) is 70.5 Å². The number of hydrogen-bond donors (Lipinski definition) is 0. The molecule has 0 unspecified atom stereocenters. The first-order valence-corrected chi connectivity index (χ1v) is 5.50. The lowest BCUT2D eigenvalue weighted by molar-refractivity contribution is 1.74. The maximum atomic E-state index is 6.08. The molecular weight excluding hydrogens is 226 g/mol. The van der Waals surface area contributed by atoms with Gasteiger partial charge in [0.25, 0.3) is 0 Å². The van der Waals surface area contributed by atoms with E-state index in [0.717, 1.165) is 28.3 Å². The van der Waals surface area contributed by atoms with Crippen molar-refractivity contribution in [3.05, 3.63) is 58.6 Å². The van der Waals surface area contributed by atoms with Crippen LogP contribution in [0.15, 0.2) is 48.5 Å². The van der Waals surface area contributed by atoms with Crippen molar-refractivity contribution in [3.8, 4) is 0 Å². The molecule has 0 amide bonds. The van der Waals surface area contributed by atoms with E-state index in [9.17, 15) is 0 Å². The summed E-state index contributed by atoms with van der Waals surface area (Å²) >= 11 is 12.2. The number of rotatable bonds is 2. The van der Waals surface area contributed by atoms with E-state index in [0.29, 0.717) is 0 Å². The van der Waals surface area contributed by atoms with Crippen LogP contribution in [0.5, 0.6) is 0 Å². The summed E-state index contributed by atoms with van der Waals surface area (Å²) in [7, 11) is 0.777. The zero-order valence-corrected chi connectivity index (χ0v) is 9.59. The average Bonchev–Trinajstić information content (AvgIpc) is 2.24. The highest BCUT2D eigenvalue weighted by molar-refractivity contribution is 6.72. The summed E-state index contributed by atoms with van der Waals surface area (Å²) in [6, 6.07) is 15.7. The summed E-state index contributed by atoms with van der Waals surface area (Å²) in [4.78, 5) is 0. The van der Waals surface area contributed by atoms with E-state index in [4.69, 9.17) is 23.2 Å². The largest absolute Gasteiger partial charge is 0.196 e. The second kappa shape index (κ2) is 4.74. The van der Waals surface area contributed by atoms with Crippen molar-refractivity contribution < 1.29 is 0 Å². The summed E-state index contributed by atoms with van der Waals surface area (Å²) < 4.78 is 0. The van der Waals surface area contributed by atoms with Crippen LogP contribution in [0, 0.1) is 0 Å². The molecule has 2 rings (SSSR count). The molecule has 2 aromatic carbocycles. The van der Waals surface area contributed by atoms with Crippen molar-refractivity contribution in [2.75, 3.05) is 0 Å². The molecular formula is C12H9BCl2. The van der Waals surface area contributed by atoms with E-state index in [-0.39, 0.29) is 0 Å². The second-order valence-electron chi connectivity index (χ2n) is 3.36. The van der Waals surface area contributed by atoms with Gasteiger partial charge in [-0.3, -0.25) is 0 Å². The maximum Gasteiger partial charge on any atom is 0.196 e. The van der Waals surface area contributed by atoms with Crippen LogP contribution < -0.4 is 10.9 Å². The van der Waals surface area contributed by atoms with E-state index < -0.39 is 0 Å². The normalized spacial score (nSPS) is 10.0. The monoisotopic (exact) mass is 234 g/mol. The van der Waals surface area contributed by atoms with Crippen molar-refractivity contribution in [1.29, 1.82) is 0 Å². The average molecular weight is 235 g/mol. The summed E-state index contributed by atoms with van der Waals surface area (Å²) in [6.07, 6.45) is 0. The van der Waals surface area contributed by atoms with Crippen molar-refractivity contribution >= 4 is 41.4 Å². The topological polar surface area (TPSA) is 0 Å². The number of hydrogen-bond acceptors (Lipinski definition) is 0. The molecule has 0 heterocycles. The highest BCUT2D eigenvalue weighted by Gasteiger charge is 2.05. The lowest BCUT2D eigenvalue weighted by atomic mass is 9.64. The first-order chi connectivity index (χ1) is 7.27. The minimum Gasteiger partial charge on any atom is -0.0849 e. The number of halogens is 2. The Balaban J connectivity index is 2.30. The minimum absolute atomic E-state index is 0.777. The van der Waals surface area contributed by atoms with Gasteiger partial charge in [0.2, 0.25) is 0 Å². The van der Waals surface area contributed by atoms with Gasteiger partial charge in [0.1, 0.15) is 0 Å². The molecule has 74 valence electrons. The Bertz CT molecular complexity index is 425. The van der Waals surface area contributed by atoms with Crippen LogP contribution in [0.3, 0.4) is 0 Å². The Morgan fingerprint density at radius 2 is 1.07 bits per heavy atom. The smallest absolute Gasteiger partial charge is 0.0849 e. The van der Waals surface area contributed by atoms with Crippen molar-refractivity contribution in [3.63, 3.8) is 0 Å². The molecule has 3 heteroatoms. The molecule has 0 aliphatic rings. The van der Waals surface area contributed by atoms with E-state index >= 15 is 0 Å². The minimum atomic E-state index is 0.777. The van der Waals surface area contributed by atoms with Crippen LogP contribution in [-0.2, 0) is 0 Å². The molecule has 0 aromatic heterocycles. The lowest BCUT2D eigenvalue weighted by Gasteiger charge is -2.04. The van der Waals surface area contributed by atoms with Gasteiger partial charge in [-0.05, 0) is 12.1 Å². The Morgan fingerprint density at radius 1 is 0.667 bits per heavy atom. The van der Waals surface area contributed by atoms with Crippen molar-refractivity contribution in [2.24, 2.45) is 0 Å². The van der Waals surface area contributed by atoms with Crippen molar-refractivity contribution in [1.82, 2.24) is 0 Å². The van der Waals surface area contributed by atoms with Crippen molar-refractivity contribution in [2.45, 2.75) is 0 Å². The molecule has 0 spiro atoms. The summed E-state index contributed by atoms with van der Waals surface area (Å²) in [5.74, 6) is 0. The number of benzene rings is 2. The molecule has 0 atom stereocenters. The molecule has 0 aliphatic carbocycles. The van der Waals surface area contributed by atoms with Gasteiger partial charge in [0.05, 0.1) is 0 Å². The Hall–Kier alpha value is -0.915. The molecule has 0 bridgehead atoms. The molecule has 0 saturated heterocycles. The highest BCUT2D eigenvalue weighted by atomic mass is 35.5. The zero-order chi connectivity index (χ0) is 10.7. The molecule has 0 saturated carbocycles. The molecule has 2 aromatic rings. The van der Waals surface area contributed by atoms with E-state index in [1.54, 1.807) is 0 Å². The van der Waals surface area contributed by atoms with Crippen LogP contribution in [0.1, 0.15) is 0 Å². The van der Waals surface area contributed by atoms with E-state index in [1.165, 1.54) is 0 Å². The SMILES string of the molecule is Clc1ccccc1Bc1ccccc1Cl. The van der Waals surface area contributed by atoms with Gasteiger partial charge in [-0.15, -0.1) is 0 Å². The predicted octanol–water partition coefficient (Wildman–Crippen LogP) is 2.38. The van der Waals surface area contributed by atoms with Gasteiger partial charge in [0.15, 0.2) is 7.28 Å². The van der Waals surface area contributed by atoms with Crippen LogP contribution in [0.25, 0.3) is 0 Å². The first kappa shape index (κ1) is 10.6. The predicted molar refractivity (Wildman–Crippen MR) is 69.3 cm³/mol. The van der Waals surface area contributed by atoms with Crippen LogP contribution >= 0.6 is 23.2 Å². The zero-order valence-electron chi connectivity index (χ0n) is 8.08. The fraction of sp³-hybridized carbons (Fsp3) is 0. The standard InChI is InChI=1S/C12H9BCl2/c14-11-7-3-1-5-9(11)13-10-6-2-4-8-12(10)15/h1-8,13H. The third kappa shape index (κ3) is 2.56. The summed E-state index contributed by atoms with van der Waals surface area (Å²) in [5, 5.41) is 1.58. The molecule has 0 aliphatic heterocycles. The van der Waals surface area contributed by atoms with Gasteiger partial charge in [-0.25, -0.2) is 0 Å². The first-order valence-electron chi connectivity index (χ1n) is 4.74. The third-order valence-corrected chi connectivity index (χ3v) is 3.03. The molecule has 0 radical (unpaired) electrons. The molecule has 15 heavy (non-hydrogen) atoms. The van der Waals surface area contributed by atoms with Gasteiger partial charge in [-0.2, -0.15) is 0 Å². The van der Waals surface area contributed by atoms with Crippen LogP contribution in [0.4, 0.5) is 0 Å².